The molecule has 0 spiro atoms. The molecule has 11 atom stereocenters. The third kappa shape index (κ3) is 4.53. The third-order valence-corrected chi connectivity index (χ3v) is 11.7. The van der Waals surface area contributed by atoms with Crippen LogP contribution in [0.1, 0.15) is 85.5 Å². The zero-order valence-electron chi connectivity index (χ0n) is 22.5. The van der Waals surface area contributed by atoms with Gasteiger partial charge >= 0.3 is 10.4 Å². The highest BCUT2D eigenvalue weighted by atomic mass is 32.3. The molecule has 4 fully saturated rings. The minimum Gasteiger partial charge on any atom is -0.393 e. The second-order valence-corrected chi connectivity index (χ2v) is 14.2. The molecule has 9 nitrogen and oxygen atoms in total. The maximum Gasteiger partial charge on any atom is 0.397 e. The number of allylic oxidation sites excluding steroid dienone is 1. The molecule has 0 aliphatic heterocycles. The van der Waals surface area contributed by atoms with Crippen molar-refractivity contribution in [1.29, 1.82) is 0 Å². The second kappa shape index (κ2) is 9.80. The molecule has 4 rings (SSSR count). The lowest BCUT2D eigenvalue weighted by Crippen LogP contribution is -2.77. The Morgan fingerprint density at radius 1 is 1.14 bits per heavy atom. The molecule has 4 saturated carbocycles. The Bertz CT molecular complexity index is 1000. The molecular weight excluding hydrogens is 500 g/mol. The van der Waals surface area contributed by atoms with Crippen LogP contribution in [-0.2, 0) is 14.6 Å². The molecule has 0 aromatic rings. The van der Waals surface area contributed by atoms with E-state index in [1.54, 1.807) is 0 Å². The lowest BCUT2D eigenvalue weighted by molar-refractivity contribution is -0.328. The van der Waals surface area contributed by atoms with E-state index in [9.17, 15) is 38.5 Å². The first-order valence-electron chi connectivity index (χ1n) is 13.8. The van der Waals surface area contributed by atoms with Crippen molar-refractivity contribution >= 4 is 10.4 Å². The first-order valence-corrected chi connectivity index (χ1v) is 15.1. The Morgan fingerprint density at radius 2 is 1.81 bits per heavy atom. The average molecular weight is 547 g/mol. The van der Waals surface area contributed by atoms with Gasteiger partial charge in [-0.3, -0.25) is 4.55 Å². The standard InChI is InChI=1S/C27H46O9S/c1-16(15-28)6-5-7-17(2)19-13-23(36-37(33,34)35)27(32)25(19,4)11-9-22-24(3)10-8-18(29)12-20(24)21(30)14-26(22,27)31/h6,17-23,28-32H,5,7-15H2,1-4H3,(H,33,34,35)/b16-6+/t17-,18+,19-,20-,21+,22?,23+,24+,25-,26+,27+/m1/s1. The molecule has 0 amide bonds. The van der Waals surface area contributed by atoms with E-state index < -0.39 is 56.7 Å². The van der Waals surface area contributed by atoms with Crippen LogP contribution < -0.4 is 0 Å². The second-order valence-electron chi connectivity index (χ2n) is 13.1. The van der Waals surface area contributed by atoms with E-state index in [1.807, 2.05) is 33.8 Å². The van der Waals surface area contributed by atoms with E-state index in [0.29, 0.717) is 38.5 Å². The largest absolute Gasteiger partial charge is 0.397 e. The number of aliphatic hydroxyl groups excluding tert-OH is 3. The molecule has 10 heteroatoms. The Balaban J connectivity index is 1.75. The van der Waals surface area contributed by atoms with E-state index in [2.05, 4.69) is 0 Å². The molecule has 4 aliphatic carbocycles. The number of fused-ring (bicyclic) bond motifs is 5. The van der Waals surface area contributed by atoms with Gasteiger partial charge in [0.05, 0.1) is 18.8 Å². The van der Waals surface area contributed by atoms with Gasteiger partial charge in [-0.15, -0.1) is 0 Å². The quantitative estimate of drug-likeness (QED) is 0.208. The molecule has 0 heterocycles. The minimum absolute atomic E-state index is 0.0207. The van der Waals surface area contributed by atoms with Gasteiger partial charge < -0.3 is 25.5 Å². The summed E-state index contributed by atoms with van der Waals surface area (Å²) in [6.45, 7) is 7.76. The van der Waals surface area contributed by atoms with Gasteiger partial charge in [-0.05, 0) is 87.4 Å². The van der Waals surface area contributed by atoms with Crippen LogP contribution in [0.2, 0.25) is 0 Å². The Labute approximate surface area is 220 Å². The molecule has 0 bridgehead atoms. The molecule has 0 radical (unpaired) electrons. The van der Waals surface area contributed by atoms with E-state index in [1.165, 1.54) is 0 Å². The SMILES string of the molecule is C/C(=C\CC[C@@H](C)[C@H]1C[C@H](OS(=O)(=O)O)[C@@]2(O)[C@]3(O)C[C@H](O)[C@H]4C[C@@H](O)CC[C@]4(C)C3CC[C@]12C)CO. The highest BCUT2D eigenvalue weighted by molar-refractivity contribution is 7.80. The predicted octanol–water partition coefficient (Wildman–Crippen LogP) is 2.36. The van der Waals surface area contributed by atoms with E-state index in [4.69, 9.17) is 4.18 Å². The fraction of sp³-hybridized carbons (Fsp3) is 0.926. The van der Waals surface area contributed by atoms with Crippen LogP contribution in [0.25, 0.3) is 0 Å². The maximum absolute atomic E-state index is 12.6. The lowest BCUT2D eigenvalue weighted by Gasteiger charge is -2.68. The van der Waals surface area contributed by atoms with Gasteiger partial charge in [0, 0.05) is 11.8 Å². The van der Waals surface area contributed by atoms with E-state index >= 15 is 0 Å². The molecule has 4 aliphatic rings. The summed E-state index contributed by atoms with van der Waals surface area (Å²) < 4.78 is 38.7. The highest BCUT2D eigenvalue weighted by Gasteiger charge is 2.79. The van der Waals surface area contributed by atoms with E-state index in [0.717, 1.165) is 12.0 Å². The van der Waals surface area contributed by atoms with Crippen LogP contribution in [0.15, 0.2) is 11.6 Å². The monoisotopic (exact) mass is 546 g/mol. The normalized spacial score (nSPS) is 49.2. The summed E-state index contributed by atoms with van der Waals surface area (Å²) in [4.78, 5) is 0. The fourth-order valence-corrected chi connectivity index (χ4v) is 9.90. The minimum atomic E-state index is -4.93. The van der Waals surface area contributed by atoms with Crippen molar-refractivity contribution in [3.05, 3.63) is 11.6 Å². The van der Waals surface area contributed by atoms with Crippen LogP contribution in [0, 0.1) is 34.5 Å². The first-order chi connectivity index (χ1) is 17.0. The molecule has 0 saturated heterocycles. The number of hydrogen-bond donors (Lipinski definition) is 6. The molecule has 0 aromatic carbocycles. The van der Waals surface area contributed by atoms with Crippen molar-refractivity contribution in [3.63, 3.8) is 0 Å². The lowest BCUT2D eigenvalue weighted by atomic mass is 9.40. The van der Waals surface area contributed by atoms with Crippen LogP contribution in [0.4, 0.5) is 0 Å². The molecule has 37 heavy (non-hydrogen) atoms. The maximum atomic E-state index is 12.6. The first kappa shape index (κ1) is 29.4. The molecule has 1 unspecified atom stereocenters. The summed E-state index contributed by atoms with van der Waals surface area (Å²) in [5.41, 5.74) is -4.49. The Hall–Kier alpha value is -0.590. The van der Waals surface area contributed by atoms with Crippen LogP contribution in [0.5, 0.6) is 0 Å². The number of aliphatic hydroxyl groups is 5. The zero-order chi connectivity index (χ0) is 27.6. The van der Waals surface area contributed by atoms with Gasteiger partial charge in [0.25, 0.3) is 0 Å². The van der Waals surface area contributed by atoms with Gasteiger partial charge in [0.15, 0.2) is 0 Å². The van der Waals surface area contributed by atoms with E-state index in [-0.39, 0.29) is 37.2 Å². The Kier molecular flexibility index (Phi) is 7.79. The van der Waals surface area contributed by atoms with Gasteiger partial charge in [0.2, 0.25) is 0 Å². The summed E-state index contributed by atoms with van der Waals surface area (Å²) in [5.74, 6) is -0.868. The van der Waals surface area contributed by atoms with Crippen molar-refractivity contribution in [3.8, 4) is 0 Å². The highest BCUT2D eigenvalue weighted by Crippen LogP contribution is 2.71. The summed E-state index contributed by atoms with van der Waals surface area (Å²) in [6, 6.07) is 0. The number of rotatable bonds is 7. The number of hydrogen-bond acceptors (Lipinski definition) is 8. The van der Waals surface area contributed by atoms with Crippen LogP contribution in [0.3, 0.4) is 0 Å². The zero-order valence-corrected chi connectivity index (χ0v) is 23.3. The van der Waals surface area contributed by atoms with Crippen molar-refractivity contribution in [1.82, 2.24) is 0 Å². The Morgan fingerprint density at radius 3 is 2.43 bits per heavy atom. The molecular formula is C27H46O9S. The van der Waals surface area contributed by atoms with Crippen LogP contribution >= 0.6 is 0 Å². The summed E-state index contributed by atoms with van der Waals surface area (Å²) >= 11 is 0. The predicted molar refractivity (Wildman–Crippen MR) is 137 cm³/mol. The molecule has 214 valence electrons. The van der Waals surface area contributed by atoms with Gasteiger partial charge in [-0.2, -0.15) is 8.42 Å². The van der Waals surface area contributed by atoms with Gasteiger partial charge in [-0.25, -0.2) is 4.18 Å². The molecule has 0 aromatic heterocycles. The average Bonchev–Trinajstić information content (AvgIpc) is 3.02. The van der Waals surface area contributed by atoms with Crippen molar-refractivity contribution in [2.75, 3.05) is 6.61 Å². The van der Waals surface area contributed by atoms with Crippen molar-refractivity contribution < 1.29 is 42.7 Å². The third-order valence-electron chi connectivity index (χ3n) is 11.3. The van der Waals surface area contributed by atoms with Crippen molar-refractivity contribution in [2.45, 2.75) is 115 Å². The van der Waals surface area contributed by atoms with Gasteiger partial charge in [-0.1, -0.05) is 32.4 Å². The summed E-state index contributed by atoms with van der Waals surface area (Å²) in [6.07, 6.45) is 3.17. The van der Waals surface area contributed by atoms with Crippen molar-refractivity contribution in [2.24, 2.45) is 34.5 Å². The van der Waals surface area contributed by atoms with Gasteiger partial charge in [0.1, 0.15) is 17.3 Å². The topological polar surface area (TPSA) is 165 Å². The summed E-state index contributed by atoms with van der Waals surface area (Å²) in [7, 11) is -4.93. The summed E-state index contributed by atoms with van der Waals surface area (Å²) in [5, 5.41) is 56.0. The van der Waals surface area contributed by atoms with Crippen LogP contribution in [-0.4, -0.2) is 74.6 Å². The smallest absolute Gasteiger partial charge is 0.393 e. The fourth-order valence-electron chi connectivity index (χ4n) is 9.39. The molecule has 6 N–H and O–H groups in total.